The molecule has 2 aliphatic rings. The summed E-state index contributed by atoms with van der Waals surface area (Å²) >= 11 is 0. The van der Waals surface area contributed by atoms with Crippen molar-refractivity contribution >= 4 is 22.7 Å². The van der Waals surface area contributed by atoms with Gasteiger partial charge in [0.1, 0.15) is 0 Å². The first-order valence-corrected chi connectivity index (χ1v) is 10.2. The van der Waals surface area contributed by atoms with Gasteiger partial charge in [-0.2, -0.15) is 0 Å². The number of piperazine rings is 1. The summed E-state index contributed by atoms with van der Waals surface area (Å²) in [5.41, 5.74) is 3.35. The van der Waals surface area contributed by atoms with Crippen molar-refractivity contribution in [3.63, 3.8) is 0 Å². The molecule has 5 rings (SSSR count). The number of rotatable bonds is 3. The van der Waals surface area contributed by atoms with Gasteiger partial charge in [0, 0.05) is 48.7 Å². The van der Waals surface area contributed by atoms with Crippen molar-refractivity contribution in [2.75, 3.05) is 26.2 Å². The van der Waals surface area contributed by atoms with Crippen LogP contribution in [0.3, 0.4) is 0 Å². The predicted octanol–water partition coefficient (Wildman–Crippen LogP) is 3.71. The van der Waals surface area contributed by atoms with E-state index in [0.29, 0.717) is 37.7 Å². The van der Waals surface area contributed by atoms with Crippen LogP contribution in [0.4, 0.5) is 0 Å². The third-order valence-corrected chi connectivity index (χ3v) is 5.84. The predicted molar refractivity (Wildman–Crippen MR) is 112 cm³/mol. The van der Waals surface area contributed by atoms with Gasteiger partial charge < -0.3 is 9.80 Å². The van der Waals surface area contributed by atoms with Crippen molar-refractivity contribution in [1.82, 2.24) is 14.8 Å². The van der Waals surface area contributed by atoms with E-state index in [1.807, 2.05) is 70.5 Å². The molecule has 0 bridgehead atoms. The molecule has 1 saturated carbocycles. The van der Waals surface area contributed by atoms with Gasteiger partial charge in [-0.15, -0.1) is 0 Å². The van der Waals surface area contributed by atoms with Gasteiger partial charge in [0.25, 0.3) is 11.8 Å². The molecule has 3 aromatic rings. The van der Waals surface area contributed by atoms with Gasteiger partial charge in [-0.3, -0.25) is 14.6 Å². The normalized spacial score (nSPS) is 16.8. The summed E-state index contributed by atoms with van der Waals surface area (Å²) in [5.74, 6) is 0.562. The highest BCUT2D eigenvalue weighted by Gasteiger charge is 2.29. The summed E-state index contributed by atoms with van der Waals surface area (Å²) in [6, 6.07) is 19.2. The number of benzene rings is 2. The Morgan fingerprint density at radius 1 is 0.793 bits per heavy atom. The van der Waals surface area contributed by atoms with E-state index in [1.54, 1.807) is 0 Å². The molecular formula is C24H23N3O2. The number of carbonyl (C=O) groups excluding carboxylic acids is 2. The van der Waals surface area contributed by atoms with Crippen molar-refractivity contribution < 1.29 is 9.59 Å². The van der Waals surface area contributed by atoms with Crippen LogP contribution >= 0.6 is 0 Å². The van der Waals surface area contributed by atoms with E-state index < -0.39 is 0 Å². The Labute approximate surface area is 170 Å². The molecule has 2 heterocycles. The topological polar surface area (TPSA) is 53.5 Å². The van der Waals surface area contributed by atoms with Gasteiger partial charge in [-0.05, 0) is 37.1 Å². The van der Waals surface area contributed by atoms with Crippen molar-refractivity contribution in [3.05, 3.63) is 77.5 Å². The highest BCUT2D eigenvalue weighted by atomic mass is 16.2. The van der Waals surface area contributed by atoms with Gasteiger partial charge in [0.05, 0.1) is 11.1 Å². The zero-order valence-electron chi connectivity index (χ0n) is 16.3. The van der Waals surface area contributed by atoms with Crippen LogP contribution in [0.1, 0.15) is 45.2 Å². The van der Waals surface area contributed by atoms with Crippen molar-refractivity contribution in [2.24, 2.45) is 0 Å². The molecule has 2 aromatic carbocycles. The molecule has 1 saturated heterocycles. The fourth-order valence-corrected chi connectivity index (χ4v) is 4.01. The minimum absolute atomic E-state index is 0.0306. The summed E-state index contributed by atoms with van der Waals surface area (Å²) in [4.78, 5) is 34.5. The van der Waals surface area contributed by atoms with E-state index >= 15 is 0 Å². The van der Waals surface area contributed by atoms with Crippen LogP contribution in [0.2, 0.25) is 0 Å². The SMILES string of the molecule is O=C(c1ccccc1)N1CCN(C(=O)c2cc(C3CC3)nc3ccccc23)CC1. The first kappa shape index (κ1) is 17.9. The largest absolute Gasteiger partial charge is 0.335 e. The van der Waals surface area contributed by atoms with E-state index in [9.17, 15) is 9.59 Å². The van der Waals surface area contributed by atoms with E-state index in [0.717, 1.165) is 35.0 Å². The number of amides is 2. The van der Waals surface area contributed by atoms with Crippen LogP contribution in [0, 0.1) is 0 Å². The number of hydrogen-bond acceptors (Lipinski definition) is 3. The summed E-state index contributed by atoms with van der Waals surface area (Å²) in [6.45, 7) is 2.20. The second-order valence-corrected chi connectivity index (χ2v) is 7.84. The molecule has 2 fully saturated rings. The van der Waals surface area contributed by atoms with Crippen LogP contribution in [-0.4, -0.2) is 52.8 Å². The average molecular weight is 385 g/mol. The number of nitrogens with zero attached hydrogens (tertiary/aromatic N) is 3. The fraction of sp³-hybridized carbons (Fsp3) is 0.292. The Hall–Kier alpha value is -3.21. The minimum atomic E-state index is 0.0306. The highest BCUT2D eigenvalue weighted by Crippen LogP contribution is 2.40. The number of aromatic nitrogens is 1. The lowest BCUT2D eigenvalue weighted by molar-refractivity contribution is 0.0536. The lowest BCUT2D eigenvalue weighted by Crippen LogP contribution is -2.50. The van der Waals surface area contributed by atoms with Crippen molar-refractivity contribution in [3.8, 4) is 0 Å². The van der Waals surface area contributed by atoms with Crippen LogP contribution < -0.4 is 0 Å². The molecule has 146 valence electrons. The molecule has 0 atom stereocenters. The smallest absolute Gasteiger partial charge is 0.254 e. The van der Waals surface area contributed by atoms with Gasteiger partial charge in [-0.25, -0.2) is 0 Å². The Morgan fingerprint density at radius 2 is 1.41 bits per heavy atom. The van der Waals surface area contributed by atoms with Crippen molar-refractivity contribution in [1.29, 1.82) is 0 Å². The molecule has 5 heteroatoms. The summed E-state index contributed by atoms with van der Waals surface area (Å²) in [6.07, 6.45) is 2.30. The van der Waals surface area contributed by atoms with E-state index in [1.165, 1.54) is 0 Å². The van der Waals surface area contributed by atoms with Gasteiger partial charge >= 0.3 is 0 Å². The Balaban J connectivity index is 1.35. The summed E-state index contributed by atoms with van der Waals surface area (Å²) in [7, 11) is 0. The molecule has 1 aliphatic heterocycles. The lowest BCUT2D eigenvalue weighted by atomic mass is 10.0. The van der Waals surface area contributed by atoms with Gasteiger partial charge in [0.2, 0.25) is 0 Å². The van der Waals surface area contributed by atoms with Crippen LogP contribution in [0.25, 0.3) is 10.9 Å². The fourth-order valence-electron chi connectivity index (χ4n) is 4.01. The molecule has 1 aliphatic carbocycles. The third kappa shape index (κ3) is 3.48. The summed E-state index contributed by atoms with van der Waals surface area (Å²) in [5, 5.41) is 0.907. The number of fused-ring (bicyclic) bond motifs is 1. The number of para-hydroxylation sites is 1. The number of pyridine rings is 1. The van der Waals surface area contributed by atoms with E-state index in [-0.39, 0.29) is 11.8 Å². The Bertz CT molecular complexity index is 1070. The molecule has 0 N–H and O–H groups in total. The second kappa shape index (κ2) is 7.32. The Morgan fingerprint density at radius 3 is 2.10 bits per heavy atom. The second-order valence-electron chi connectivity index (χ2n) is 7.84. The highest BCUT2D eigenvalue weighted by molar-refractivity contribution is 6.06. The van der Waals surface area contributed by atoms with Gasteiger partial charge in [-0.1, -0.05) is 36.4 Å². The first-order chi connectivity index (χ1) is 14.2. The zero-order chi connectivity index (χ0) is 19.8. The van der Waals surface area contributed by atoms with Crippen molar-refractivity contribution in [2.45, 2.75) is 18.8 Å². The number of carbonyl (C=O) groups is 2. The molecule has 5 nitrogen and oxygen atoms in total. The standard InChI is InChI=1S/C24H23N3O2/c28-23(18-6-2-1-3-7-18)26-12-14-27(15-13-26)24(29)20-16-22(17-10-11-17)25-21-9-5-4-8-19(20)21/h1-9,16-17H,10-15H2. The maximum Gasteiger partial charge on any atom is 0.254 e. The maximum absolute atomic E-state index is 13.4. The maximum atomic E-state index is 13.4. The first-order valence-electron chi connectivity index (χ1n) is 10.2. The molecule has 0 radical (unpaired) electrons. The molecule has 0 unspecified atom stereocenters. The monoisotopic (exact) mass is 385 g/mol. The van der Waals surface area contributed by atoms with Crippen LogP contribution in [-0.2, 0) is 0 Å². The van der Waals surface area contributed by atoms with E-state index in [2.05, 4.69) is 0 Å². The molecular weight excluding hydrogens is 362 g/mol. The zero-order valence-corrected chi connectivity index (χ0v) is 16.3. The molecule has 0 spiro atoms. The van der Waals surface area contributed by atoms with Crippen LogP contribution in [0.15, 0.2) is 60.7 Å². The van der Waals surface area contributed by atoms with Crippen LogP contribution in [0.5, 0.6) is 0 Å². The van der Waals surface area contributed by atoms with E-state index in [4.69, 9.17) is 4.98 Å². The quantitative estimate of drug-likeness (QED) is 0.691. The lowest BCUT2D eigenvalue weighted by Gasteiger charge is -2.35. The number of hydrogen-bond donors (Lipinski definition) is 0. The Kier molecular flexibility index (Phi) is 4.51. The average Bonchev–Trinajstić information content (AvgIpc) is 3.64. The molecule has 1 aromatic heterocycles. The molecule has 29 heavy (non-hydrogen) atoms. The minimum Gasteiger partial charge on any atom is -0.335 e. The summed E-state index contributed by atoms with van der Waals surface area (Å²) < 4.78 is 0. The van der Waals surface area contributed by atoms with Gasteiger partial charge in [0.15, 0.2) is 0 Å². The third-order valence-electron chi connectivity index (χ3n) is 5.84. The molecule has 2 amide bonds.